The summed E-state index contributed by atoms with van der Waals surface area (Å²) >= 11 is 9.52. The molecule has 0 spiro atoms. The van der Waals surface area contributed by atoms with E-state index in [1.807, 2.05) is 19.1 Å². The van der Waals surface area contributed by atoms with E-state index in [1.54, 1.807) is 6.07 Å². The van der Waals surface area contributed by atoms with Crippen LogP contribution >= 0.6 is 27.5 Å². The van der Waals surface area contributed by atoms with Crippen LogP contribution in [0.2, 0.25) is 5.02 Å². The number of alkyl halides is 1. The maximum atomic E-state index is 11.9. The van der Waals surface area contributed by atoms with Crippen molar-refractivity contribution in [3.05, 3.63) is 34.3 Å². The quantitative estimate of drug-likeness (QED) is 0.846. The largest absolute Gasteiger partial charge is 0.351 e. The Labute approximate surface area is 115 Å². The predicted octanol–water partition coefficient (Wildman–Crippen LogP) is 3.55. The summed E-state index contributed by atoms with van der Waals surface area (Å²) in [5.41, 5.74) is 1.63. The van der Waals surface area contributed by atoms with E-state index in [4.69, 9.17) is 11.6 Å². The number of aryl methyl sites for hydroxylation is 1. The van der Waals surface area contributed by atoms with Crippen LogP contribution in [-0.2, 0) is 0 Å². The van der Waals surface area contributed by atoms with Crippen LogP contribution in [0.3, 0.4) is 0 Å². The fraction of sp³-hybridized carbons (Fsp3) is 0.462. The maximum absolute atomic E-state index is 11.9. The van der Waals surface area contributed by atoms with E-state index in [2.05, 4.69) is 21.2 Å². The lowest BCUT2D eigenvalue weighted by atomic mass is 10.1. The average Bonchev–Trinajstić information content (AvgIpc) is 3.07. The number of carbonyl (C=O) groups is 1. The van der Waals surface area contributed by atoms with Gasteiger partial charge in [0.1, 0.15) is 0 Å². The lowest BCUT2D eigenvalue weighted by Crippen LogP contribution is -2.30. The Hall–Kier alpha value is -0.540. The zero-order valence-corrected chi connectivity index (χ0v) is 12.0. The molecule has 1 aromatic carbocycles. The third-order valence-electron chi connectivity index (χ3n) is 2.90. The summed E-state index contributed by atoms with van der Waals surface area (Å²) in [6.45, 7) is 2.61. The molecule has 0 bridgehead atoms. The summed E-state index contributed by atoms with van der Waals surface area (Å²) in [5.74, 6) is 0.678. The Morgan fingerprint density at radius 2 is 2.24 bits per heavy atom. The number of hydrogen-bond acceptors (Lipinski definition) is 1. The van der Waals surface area contributed by atoms with Gasteiger partial charge in [-0.1, -0.05) is 27.5 Å². The van der Waals surface area contributed by atoms with Gasteiger partial charge in [-0.25, -0.2) is 0 Å². The summed E-state index contributed by atoms with van der Waals surface area (Å²) in [6, 6.07) is 5.39. The highest BCUT2D eigenvalue weighted by Crippen LogP contribution is 2.36. The first-order valence-corrected chi connectivity index (χ1v) is 7.05. The van der Waals surface area contributed by atoms with Crippen LogP contribution in [-0.4, -0.2) is 17.3 Å². The van der Waals surface area contributed by atoms with Crippen molar-refractivity contribution in [2.24, 2.45) is 5.92 Å². The fourth-order valence-electron chi connectivity index (χ4n) is 1.78. The number of benzene rings is 1. The van der Waals surface area contributed by atoms with Crippen molar-refractivity contribution >= 4 is 33.4 Å². The maximum Gasteiger partial charge on any atom is 0.251 e. The van der Waals surface area contributed by atoms with Crippen molar-refractivity contribution in [1.29, 1.82) is 0 Å². The number of halogens is 2. The monoisotopic (exact) mass is 315 g/mol. The zero-order chi connectivity index (χ0) is 12.4. The molecule has 92 valence electrons. The molecule has 0 saturated heterocycles. The molecule has 1 unspecified atom stereocenters. The van der Waals surface area contributed by atoms with E-state index >= 15 is 0 Å². The van der Waals surface area contributed by atoms with Gasteiger partial charge in [0.2, 0.25) is 0 Å². The van der Waals surface area contributed by atoms with Gasteiger partial charge in [-0.15, -0.1) is 0 Å². The highest BCUT2D eigenvalue weighted by molar-refractivity contribution is 9.09. The van der Waals surface area contributed by atoms with Gasteiger partial charge >= 0.3 is 0 Å². The molecule has 1 atom stereocenters. The molecule has 1 aliphatic rings. The predicted molar refractivity (Wildman–Crippen MR) is 74.0 cm³/mol. The summed E-state index contributed by atoms with van der Waals surface area (Å²) in [5, 5.41) is 3.53. The van der Waals surface area contributed by atoms with Crippen molar-refractivity contribution in [1.82, 2.24) is 5.32 Å². The Bertz CT molecular complexity index is 411. The van der Waals surface area contributed by atoms with Crippen LogP contribution in [0.15, 0.2) is 18.2 Å². The molecule has 2 nitrogen and oxygen atoms in total. The van der Waals surface area contributed by atoms with E-state index < -0.39 is 0 Å². The molecule has 1 aliphatic carbocycles. The third kappa shape index (κ3) is 3.71. The summed E-state index contributed by atoms with van der Waals surface area (Å²) in [7, 11) is 0. The SMILES string of the molecule is Cc1cc(Cl)cc(C(=O)NCC(Br)C2CC2)c1. The molecule has 1 aromatic rings. The second-order valence-corrected chi connectivity index (χ2v) is 6.19. The first-order chi connectivity index (χ1) is 8.06. The van der Waals surface area contributed by atoms with E-state index in [1.165, 1.54) is 12.8 Å². The number of nitrogens with one attached hydrogen (secondary N) is 1. The Balaban J connectivity index is 1.94. The standard InChI is InChI=1S/C13H15BrClNO/c1-8-4-10(6-11(15)5-8)13(17)16-7-12(14)9-2-3-9/h4-6,9,12H,2-3,7H2,1H3,(H,16,17). The van der Waals surface area contributed by atoms with Crippen molar-refractivity contribution in [2.45, 2.75) is 24.6 Å². The van der Waals surface area contributed by atoms with Crippen LogP contribution in [0, 0.1) is 12.8 Å². The summed E-state index contributed by atoms with van der Waals surface area (Å²) in [6.07, 6.45) is 2.53. The minimum absolute atomic E-state index is 0.0549. The van der Waals surface area contributed by atoms with E-state index in [-0.39, 0.29) is 5.91 Å². The van der Waals surface area contributed by atoms with Gasteiger partial charge < -0.3 is 5.32 Å². The molecule has 1 saturated carbocycles. The molecule has 0 aliphatic heterocycles. The molecule has 1 N–H and O–H groups in total. The van der Waals surface area contributed by atoms with Crippen LogP contribution < -0.4 is 5.32 Å². The fourth-order valence-corrected chi connectivity index (χ4v) is 2.76. The average molecular weight is 317 g/mol. The number of rotatable bonds is 4. The second-order valence-electron chi connectivity index (χ2n) is 4.58. The van der Waals surface area contributed by atoms with Crippen LogP contribution in [0.4, 0.5) is 0 Å². The number of hydrogen-bond donors (Lipinski definition) is 1. The van der Waals surface area contributed by atoms with Gasteiger partial charge in [-0.3, -0.25) is 4.79 Å². The van der Waals surface area contributed by atoms with E-state index in [9.17, 15) is 4.79 Å². The molecule has 0 aromatic heterocycles. The van der Waals surface area contributed by atoms with Gasteiger partial charge in [0.15, 0.2) is 0 Å². The lowest BCUT2D eigenvalue weighted by molar-refractivity contribution is 0.0953. The number of amides is 1. The first kappa shape index (κ1) is 12.9. The van der Waals surface area contributed by atoms with Gasteiger partial charge in [0.25, 0.3) is 5.91 Å². The molecular weight excluding hydrogens is 302 g/mol. The third-order valence-corrected chi connectivity index (χ3v) is 4.19. The smallest absolute Gasteiger partial charge is 0.251 e. The molecule has 1 fully saturated rings. The van der Waals surface area contributed by atoms with E-state index in [0.29, 0.717) is 22.0 Å². The topological polar surface area (TPSA) is 29.1 Å². The lowest BCUT2D eigenvalue weighted by Gasteiger charge is -2.10. The van der Waals surface area contributed by atoms with E-state index in [0.717, 1.165) is 11.5 Å². The molecule has 1 amide bonds. The van der Waals surface area contributed by atoms with Gasteiger partial charge in [-0.05, 0) is 49.4 Å². The molecule has 2 rings (SSSR count). The Kier molecular flexibility index (Phi) is 4.10. The van der Waals surface area contributed by atoms with Crippen molar-refractivity contribution in [3.8, 4) is 0 Å². The molecule has 4 heteroatoms. The molecule has 0 heterocycles. The Morgan fingerprint density at radius 3 is 2.82 bits per heavy atom. The van der Waals surface area contributed by atoms with Crippen LogP contribution in [0.1, 0.15) is 28.8 Å². The molecule has 17 heavy (non-hydrogen) atoms. The van der Waals surface area contributed by atoms with Crippen LogP contribution in [0.25, 0.3) is 0 Å². The molecule has 0 radical (unpaired) electrons. The van der Waals surface area contributed by atoms with Crippen molar-refractivity contribution in [2.75, 3.05) is 6.54 Å². The van der Waals surface area contributed by atoms with Gasteiger partial charge in [0.05, 0.1) is 0 Å². The zero-order valence-electron chi connectivity index (χ0n) is 9.67. The molecular formula is C13H15BrClNO. The highest BCUT2D eigenvalue weighted by Gasteiger charge is 2.29. The first-order valence-electron chi connectivity index (χ1n) is 5.76. The summed E-state index contributed by atoms with van der Waals surface area (Å²) in [4.78, 5) is 12.3. The van der Waals surface area contributed by atoms with Gasteiger partial charge in [0, 0.05) is 22.0 Å². The minimum Gasteiger partial charge on any atom is -0.351 e. The highest BCUT2D eigenvalue weighted by atomic mass is 79.9. The van der Waals surface area contributed by atoms with Gasteiger partial charge in [-0.2, -0.15) is 0 Å². The summed E-state index contributed by atoms with van der Waals surface area (Å²) < 4.78 is 0. The van der Waals surface area contributed by atoms with Crippen LogP contribution in [0.5, 0.6) is 0 Å². The van der Waals surface area contributed by atoms with Crippen molar-refractivity contribution in [3.63, 3.8) is 0 Å². The van der Waals surface area contributed by atoms with Crippen molar-refractivity contribution < 1.29 is 4.79 Å². The minimum atomic E-state index is -0.0549. The normalized spacial score (nSPS) is 16.6. The second kappa shape index (κ2) is 5.40. The Morgan fingerprint density at radius 1 is 1.53 bits per heavy atom. The number of carbonyl (C=O) groups excluding carboxylic acids is 1.